The second-order valence-electron chi connectivity index (χ2n) is 8.68. The third-order valence-corrected chi connectivity index (χ3v) is 6.65. The Kier molecular flexibility index (Phi) is 6.37. The smallest absolute Gasteiger partial charge is 0.232 e. The third-order valence-electron chi connectivity index (χ3n) is 6.27. The summed E-state index contributed by atoms with van der Waals surface area (Å²) in [6.45, 7) is 4.99. The summed E-state index contributed by atoms with van der Waals surface area (Å²) in [5.74, 6) is 0.986. The lowest BCUT2D eigenvalue weighted by atomic mass is 9.91. The first-order valence-electron chi connectivity index (χ1n) is 11.6. The average Bonchev–Trinajstić information content (AvgIpc) is 2.86. The Balaban J connectivity index is 1.33. The summed E-state index contributed by atoms with van der Waals surface area (Å²) in [4.78, 5) is 28.0. The summed E-state index contributed by atoms with van der Waals surface area (Å²) < 4.78 is 0. The summed E-state index contributed by atoms with van der Waals surface area (Å²) >= 11 is 5.56. The summed E-state index contributed by atoms with van der Waals surface area (Å²) in [6.07, 6.45) is 9.55. The Hall–Kier alpha value is -3.91. The highest BCUT2D eigenvalue weighted by molar-refractivity contribution is 7.81. The molecule has 3 aromatic rings. The Bertz CT molecular complexity index is 1380. The van der Waals surface area contributed by atoms with E-state index in [0.29, 0.717) is 11.9 Å². The molecule has 0 atom stereocenters. The van der Waals surface area contributed by atoms with Gasteiger partial charge in [-0.15, -0.1) is 0 Å². The Labute approximate surface area is 210 Å². The summed E-state index contributed by atoms with van der Waals surface area (Å²) in [5.41, 5.74) is 7.45. The molecule has 0 unspecified atom stereocenters. The van der Waals surface area contributed by atoms with Gasteiger partial charge in [-0.2, -0.15) is 4.98 Å². The molecule has 2 aliphatic rings. The van der Waals surface area contributed by atoms with E-state index in [0.717, 1.165) is 53.3 Å². The van der Waals surface area contributed by atoms with Crippen LogP contribution in [0.3, 0.4) is 0 Å². The van der Waals surface area contributed by atoms with Crippen molar-refractivity contribution in [3.8, 4) is 0 Å². The maximum Gasteiger partial charge on any atom is 0.232 e. The van der Waals surface area contributed by atoms with Gasteiger partial charge in [-0.25, -0.2) is 9.97 Å². The molecule has 7 nitrogen and oxygen atoms in total. The van der Waals surface area contributed by atoms with Gasteiger partial charge in [0.25, 0.3) is 0 Å². The van der Waals surface area contributed by atoms with Crippen LogP contribution in [0.1, 0.15) is 35.6 Å². The van der Waals surface area contributed by atoms with Gasteiger partial charge in [0, 0.05) is 42.7 Å². The number of carbonyl (C=O) groups is 1. The standard InChI is InChI=1S/C27H26N6OS/c1-17-23(30-18(2)34)7-5-8-24(17)31-26-28-16-29-27(32-26)33-13-12-19-14-20(10-11-21(19)15-33)22-6-3-4-9-25(22)35/h3-8,10-11,14,16H,9,12-13,15H2,1-2H3,(H,30,34)(H,28,29,31,32). The van der Waals surface area contributed by atoms with E-state index in [2.05, 4.69) is 66.9 Å². The number of allylic oxidation sites excluding steroid dienone is 4. The fourth-order valence-corrected chi connectivity index (χ4v) is 4.69. The lowest BCUT2D eigenvalue weighted by molar-refractivity contribution is -0.114. The van der Waals surface area contributed by atoms with Crippen molar-refractivity contribution in [1.29, 1.82) is 0 Å². The van der Waals surface area contributed by atoms with Crippen LogP contribution in [0.5, 0.6) is 0 Å². The maximum atomic E-state index is 11.5. The van der Waals surface area contributed by atoms with Crippen LogP contribution in [0, 0.1) is 6.92 Å². The highest BCUT2D eigenvalue weighted by Crippen LogP contribution is 2.29. The van der Waals surface area contributed by atoms with Crippen LogP contribution in [-0.2, 0) is 17.8 Å². The SMILES string of the molecule is CC(=O)Nc1cccc(Nc2ncnc(N3CCc4cc(C5=CC=CCC5=S)ccc4C3)n2)c1C. The van der Waals surface area contributed by atoms with Gasteiger partial charge in [0.05, 0.1) is 0 Å². The van der Waals surface area contributed by atoms with Crippen molar-refractivity contribution in [3.05, 3.63) is 83.2 Å². The first-order valence-corrected chi connectivity index (χ1v) is 12.0. The van der Waals surface area contributed by atoms with E-state index in [9.17, 15) is 4.79 Å². The van der Waals surface area contributed by atoms with Crippen molar-refractivity contribution in [2.45, 2.75) is 33.2 Å². The normalized spacial score (nSPS) is 14.9. The van der Waals surface area contributed by atoms with Gasteiger partial charge in [0.2, 0.25) is 17.8 Å². The van der Waals surface area contributed by atoms with Crippen LogP contribution in [0.2, 0.25) is 0 Å². The number of hydrogen-bond acceptors (Lipinski definition) is 7. The van der Waals surface area contributed by atoms with Crippen LogP contribution in [0.4, 0.5) is 23.3 Å². The molecule has 0 fully saturated rings. The van der Waals surface area contributed by atoms with E-state index in [1.54, 1.807) is 0 Å². The zero-order chi connectivity index (χ0) is 24.4. The summed E-state index contributed by atoms with van der Waals surface area (Å²) in [7, 11) is 0. The average molecular weight is 483 g/mol. The molecule has 1 aliphatic carbocycles. The van der Waals surface area contributed by atoms with Crippen molar-refractivity contribution >= 4 is 51.8 Å². The van der Waals surface area contributed by atoms with E-state index < -0.39 is 0 Å². The highest BCUT2D eigenvalue weighted by Gasteiger charge is 2.21. The van der Waals surface area contributed by atoms with Crippen molar-refractivity contribution in [2.75, 3.05) is 22.1 Å². The van der Waals surface area contributed by atoms with Crippen molar-refractivity contribution in [2.24, 2.45) is 0 Å². The number of thiocarbonyl (C=S) groups is 1. The van der Waals surface area contributed by atoms with E-state index in [1.165, 1.54) is 29.9 Å². The fraction of sp³-hybridized carbons (Fsp3) is 0.222. The van der Waals surface area contributed by atoms with Crippen LogP contribution >= 0.6 is 12.2 Å². The number of amides is 1. The molecule has 2 aromatic carbocycles. The summed E-state index contributed by atoms with van der Waals surface area (Å²) in [6, 6.07) is 12.3. The van der Waals surface area contributed by atoms with Gasteiger partial charge >= 0.3 is 0 Å². The number of rotatable bonds is 5. The maximum absolute atomic E-state index is 11.5. The number of hydrogen-bond donors (Lipinski definition) is 2. The quantitative estimate of drug-likeness (QED) is 0.486. The monoisotopic (exact) mass is 482 g/mol. The van der Waals surface area contributed by atoms with Gasteiger partial charge in [-0.05, 0) is 53.3 Å². The highest BCUT2D eigenvalue weighted by atomic mass is 32.1. The number of nitrogens with one attached hydrogen (secondary N) is 2. The van der Waals surface area contributed by atoms with Gasteiger partial charge < -0.3 is 15.5 Å². The largest absolute Gasteiger partial charge is 0.336 e. The third kappa shape index (κ3) is 4.97. The van der Waals surface area contributed by atoms with E-state index in [4.69, 9.17) is 12.2 Å². The minimum absolute atomic E-state index is 0.111. The zero-order valence-electron chi connectivity index (χ0n) is 19.7. The molecule has 0 bridgehead atoms. The lowest BCUT2D eigenvalue weighted by Gasteiger charge is -2.29. The molecule has 1 aromatic heterocycles. The minimum Gasteiger partial charge on any atom is -0.336 e. The number of fused-ring (bicyclic) bond motifs is 1. The number of nitrogens with zero attached hydrogens (tertiary/aromatic N) is 4. The predicted octanol–water partition coefficient (Wildman–Crippen LogP) is 5.16. The molecule has 8 heteroatoms. The van der Waals surface area contributed by atoms with E-state index >= 15 is 0 Å². The first-order chi connectivity index (χ1) is 17.0. The van der Waals surface area contributed by atoms with Gasteiger partial charge in [0.1, 0.15) is 6.33 Å². The van der Waals surface area contributed by atoms with Crippen molar-refractivity contribution in [3.63, 3.8) is 0 Å². The van der Waals surface area contributed by atoms with Gasteiger partial charge in [0.15, 0.2) is 0 Å². The molecule has 0 saturated carbocycles. The molecule has 2 heterocycles. The molecule has 176 valence electrons. The Morgan fingerprint density at radius 2 is 1.97 bits per heavy atom. The second kappa shape index (κ2) is 9.76. The molecule has 0 spiro atoms. The number of aromatic nitrogens is 3. The van der Waals surface area contributed by atoms with Crippen molar-refractivity contribution < 1.29 is 4.79 Å². The number of anilines is 4. The van der Waals surface area contributed by atoms with E-state index in [-0.39, 0.29) is 5.91 Å². The Morgan fingerprint density at radius 3 is 2.80 bits per heavy atom. The molecule has 0 saturated heterocycles. The molecule has 1 amide bonds. The number of benzene rings is 2. The first kappa shape index (κ1) is 22.9. The van der Waals surface area contributed by atoms with Crippen LogP contribution in [-0.4, -0.2) is 32.3 Å². The molecule has 0 radical (unpaired) electrons. The second-order valence-corrected chi connectivity index (χ2v) is 9.18. The van der Waals surface area contributed by atoms with Gasteiger partial charge in [-0.1, -0.05) is 54.7 Å². The van der Waals surface area contributed by atoms with E-state index in [1.807, 2.05) is 25.1 Å². The van der Waals surface area contributed by atoms with Crippen LogP contribution in [0.25, 0.3) is 5.57 Å². The lowest BCUT2D eigenvalue weighted by Crippen LogP contribution is -2.32. The van der Waals surface area contributed by atoms with Crippen LogP contribution < -0.4 is 15.5 Å². The molecule has 5 rings (SSSR count). The zero-order valence-corrected chi connectivity index (χ0v) is 20.5. The van der Waals surface area contributed by atoms with Gasteiger partial charge in [-0.3, -0.25) is 4.79 Å². The predicted molar refractivity (Wildman–Crippen MR) is 144 cm³/mol. The Morgan fingerprint density at radius 1 is 1.11 bits per heavy atom. The van der Waals surface area contributed by atoms with Crippen molar-refractivity contribution in [1.82, 2.24) is 15.0 Å². The molecule has 2 N–H and O–H groups in total. The topological polar surface area (TPSA) is 83.0 Å². The summed E-state index contributed by atoms with van der Waals surface area (Å²) in [5, 5.41) is 6.11. The minimum atomic E-state index is -0.111. The molecule has 1 aliphatic heterocycles. The van der Waals surface area contributed by atoms with Crippen LogP contribution in [0.15, 0.2) is 61.0 Å². The molecule has 35 heavy (non-hydrogen) atoms. The molecular weight excluding hydrogens is 456 g/mol. The fourth-order valence-electron chi connectivity index (χ4n) is 4.41. The number of carbonyl (C=O) groups excluding carboxylic acids is 1. The molecular formula is C27H26N6OS.